The van der Waals surface area contributed by atoms with Crippen LogP contribution in [0.25, 0.3) is 0 Å². The molecule has 1 fully saturated rings. The normalized spacial score (nSPS) is 34.2. The van der Waals surface area contributed by atoms with Crippen molar-refractivity contribution >= 4 is 11.6 Å². The van der Waals surface area contributed by atoms with Crippen LogP contribution in [-0.4, -0.2) is 18.6 Å². The molecule has 2 heteroatoms. The molecule has 1 aliphatic heterocycles. The molecule has 2 atom stereocenters. The van der Waals surface area contributed by atoms with Crippen molar-refractivity contribution in [3.63, 3.8) is 0 Å². The highest BCUT2D eigenvalue weighted by atomic mass is 35.5. The quantitative estimate of drug-likeness (QED) is 0.567. The standard InChI is InChI=1S/C8H15ClO/c1-2-3-7-6-10-5-4-8(7)9/h7-8H,2-6H2,1H3. The van der Waals surface area contributed by atoms with Crippen LogP contribution in [0, 0.1) is 5.92 Å². The van der Waals surface area contributed by atoms with Gasteiger partial charge in [-0.1, -0.05) is 13.3 Å². The van der Waals surface area contributed by atoms with Crippen molar-refractivity contribution in [1.29, 1.82) is 0 Å². The molecule has 0 spiro atoms. The van der Waals surface area contributed by atoms with E-state index in [9.17, 15) is 0 Å². The number of ether oxygens (including phenoxy) is 1. The Labute approximate surface area is 67.7 Å². The van der Waals surface area contributed by atoms with Gasteiger partial charge in [0.1, 0.15) is 0 Å². The Hall–Kier alpha value is 0.250. The average molecular weight is 163 g/mol. The molecule has 0 radical (unpaired) electrons. The zero-order valence-corrected chi connectivity index (χ0v) is 7.23. The number of rotatable bonds is 2. The van der Waals surface area contributed by atoms with Crippen molar-refractivity contribution in [3.05, 3.63) is 0 Å². The highest BCUT2D eigenvalue weighted by Gasteiger charge is 2.22. The molecular formula is C8H15ClO. The number of halogens is 1. The zero-order valence-electron chi connectivity index (χ0n) is 6.48. The first kappa shape index (κ1) is 8.35. The third-order valence-corrected chi connectivity index (χ3v) is 2.62. The highest BCUT2D eigenvalue weighted by Crippen LogP contribution is 2.23. The second-order valence-corrected chi connectivity index (χ2v) is 3.49. The van der Waals surface area contributed by atoms with E-state index >= 15 is 0 Å². The lowest BCUT2D eigenvalue weighted by atomic mass is 9.97. The van der Waals surface area contributed by atoms with Crippen molar-refractivity contribution < 1.29 is 4.74 Å². The summed E-state index contributed by atoms with van der Waals surface area (Å²) in [7, 11) is 0. The smallest absolute Gasteiger partial charge is 0.0508 e. The minimum atomic E-state index is 0.369. The van der Waals surface area contributed by atoms with Gasteiger partial charge in [0.05, 0.1) is 6.61 Å². The summed E-state index contributed by atoms with van der Waals surface area (Å²) >= 11 is 6.08. The summed E-state index contributed by atoms with van der Waals surface area (Å²) in [5.41, 5.74) is 0. The Morgan fingerprint density at radius 3 is 3.00 bits per heavy atom. The van der Waals surface area contributed by atoms with Crippen molar-refractivity contribution in [2.75, 3.05) is 13.2 Å². The van der Waals surface area contributed by atoms with E-state index in [-0.39, 0.29) is 0 Å². The minimum Gasteiger partial charge on any atom is -0.381 e. The lowest BCUT2D eigenvalue weighted by molar-refractivity contribution is 0.0542. The molecule has 10 heavy (non-hydrogen) atoms. The number of alkyl halides is 1. The average Bonchev–Trinajstić information content (AvgIpc) is 1.94. The van der Waals surface area contributed by atoms with E-state index in [0.29, 0.717) is 11.3 Å². The summed E-state index contributed by atoms with van der Waals surface area (Å²) in [4.78, 5) is 0. The van der Waals surface area contributed by atoms with Crippen molar-refractivity contribution in [2.24, 2.45) is 5.92 Å². The van der Waals surface area contributed by atoms with E-state index in [1.165, 1.54) is 12.8 Å². The summed E-state index contributed by atoms with van der Waals surface area (Å²) in [6, 6.07) is 0. The largest absolute Gasteiger partial charge is 0.381 e. The van der Waals surface area contributed by atoms with Crippen molar-refractivity contribution in [1.82, 2.24) is 0 Å². The van der Waals surface area contributed by atoms with Gasteiger partial charge in [0, 0.05) is 12.0 Å². The molecule has 1 nitrogen and oxygen atoms in total. The van der Waals surface area contributed by atoms with Gasteiger partial charge in [-0.15, -0.1) is 11.6 Å². The SMILES string of the molecule is CCCC1COCCC1Cl. The van der Waals surface area contributed by atoms with Crippen LogP contribution in [-0.2, 0) is 4.74 Å². The molecule has 0 aliphatic carbocycles. The Bertz CT molecular complexity index is 93.3. The number of hydrogen-bond acceptors (Lipinski definition) is 1. The monoisotopic (exact) mass is 162 g/mol. The van der Waals surface area contributed by atoms with Crippen LogP contribution in [0.1, 0.15) is 26.2 Å². The molecule has 60 valence electrons. The second kappa shape index (κ2) is 4.20. The van der Waals surface area contributed by atoms with Gasteiger partial charge >= 0.3 is 0 Å². The van der Waals surface area contributed by atoms with Crippen LogP contribution >= 0.6 is 11.6 Å². The van der Waals surface area contributed by atoms with Gasteiger partial charge in [0.15, 0.2) is 0 Å². The summed E-state index contributed by atoms with van der Waals surface area (Å²) in [6.45, 7) is 3.93. The first-order chi connectivity index (χ1) is 4.84. The predicted octanol–water partition coefficient (Wildman–Crippen LogP) is 2.43. The van der Waals surface area contributed by atoms with Crippen molar-refractivity contribution in [3.8, 4) is 0 Å². The number of hydrogen-bond donors (Lipinski definition) is 0. The maximum Gasteiger partial charge on any atom is 0.0508 e. The molecule has 0 bridgehead atoms. The fourth-order valence-corrected chi connectivity index (χ4v) is 1.69. The molecule has 0 aromatic carbocycles. The third kappa shape index (κ3) is 2.14. The molecule has 2 unspecified atom stereocenters. The third-order valence-electron chi connectivity index (χ3n) is 2.04. The molecular weight excluding hydrogens is 148 g/mol. The fraction of sp³-hybridized carbons (Fsp3) is 1.00. The molecule has 0 saturated carbocycles. The van der Waals surface area contributed by atoms with Crippen LogP contribution in [0.5, 0.6) is 0 Å². The van der Waals surface area contributed by atoms with E-state index in [4.69, 9.17) is 16.3 Å². The van der Waals surface area contributed by atoms with E-state index in [1.54, 1.807) is 0 Å². The Morgan fingerprint density at radius 1 is 1.60 bits per heavy atom. The Balaban J connectivity index is 2.25. The molecule has 1 saturated heterocycles. The van der Waals surface area contributed by atoms with Gasteiger partial charge in [-0.25, -0.2) is 0 Å². The van der Waals surface area contributed by atoms with Gasteiger partial charge < -0.3 is 4.74 Å². The van der Waals surface area contributed by atoms with Crippen LogP contribution < -0.4 is 0 Å². The lowest BCUT2D eigenvalue weighted by Gasteiger charge is -2.26. The summed E-state index contributed by atoms with van der Waals surface area (Å²) < 4.78 is 5.32. The van der Waals surface area contributed by atoms with Gasteiger partial charge in [0.2, 0.25) is 0 Å². The maximum absolute atomic E-state index is 6.08. The minimum absolute atomic E-state index is 0.369. The van der Waals surface area contributed by atoms with Crippen LogP contribution in [0.3, 0.4) is 0 Å². The van der Waals surface area contributed by atoms with E-state index in [1.807, 2.05) is 0 Å². The second-order valence-electron chi connectivity index (χ2n) is 2.93. The summed E-state index contributed by atoms with van der Waals surface area (Å²) in [5, 5.41) is 0.369. The van der Waals surface area contributed by atoms with Gasteiger partial charge in [-0.05, 0) is 18.8 Å². The Kier molecular flexibility index (Phi) is 3.50. The van der Waals surface area contributed by atoms with Crippen molar-refractivity contribution in [2.45, 2.75) is 31.6 Å². The molecule has 1 rings (SSSR count). The first-order valence-electron chi connectivity index (χ1n) is 4.06. The predicted molar refractivity (Wildman–Crippen MR) is 43.5 cm³/mol. The summed E-state index contributed by atoms with van der Waals surface area (Å²) in [5.74, 6) is 0.611. The lowest BCUT2D eigenvalue weighted by Crippen LogP contribution is -2.27. The van der Waals surface area contributed by atoms with Crippen LogP contribution in [0.4, 0.5) is 0 Å². The van der Waals surface area contributed by atoms with Crippen LogP contribution in [0.15, 0.2) is 0 Å². The molecule has 1 heterocycles. The van der Waals surface area contributed by atoms with Gasteiger partial charge in [-0.3, -0.25) is 0 Å². The van der Waals surface area contributed by atoms with E-state index < -0.39 is 0 Å². The van der Waals surface area contributed by atoms with E-state index in [0.717, 1.165) is 19.6 Å². The van der Waals surface area contributed by atoms with Crippen LogP contribution in [0.2, 0.25) is 0 Å². The van der Waals surface area contributed by atoms with Gasteiger partial charge in [-0.2, -0.15) is 0 Å². The topological polar surface area (TPSA) is 9.23 Å². The Morgan fingerprint density at radius 2 is 2.40 bits per heavy atom. The summed E-state index contributed by atoms with van der Waals surface area (Å²) in [6.07, 6.45) is 3.47. The fourth-order valence-electron chi connectivity index (χ4n) is 1.41. The van der Waals surface area contributed by atoms with E-state index in [2.05, 4.69) is 6.92 Å². The van der Waals surface area contributed by atoms with Gasteiger partial charge in [0.25, 0.3) is 0 Å². The zero-order chi connectivity index (χ0) is 7.40. The molecule has 1 aliphatic rings. The highest BCUT2D eigenvalue weighted by molar-refractivity contribution is 6.20. The first-order valence-corrected chi connectivity index (χ1v) is 4.50. The molecule has 0 aromatic rings. The molecule has 0 aromatic heterocycles. The molecule has 0 amide bonds. The maximum atomic E-state index is 6.08. The molecule has 0 N–H and O–H groups in total.